The second-order valence-corrected chi connectivity index (χ2v) is 6.68. The summed E-state index contributed by atoms with van der Waals surface area (Å²) in [6.45, 7) is 0. The average molecular weight is 410 g/mol. The highest BCUT2D eigenvalue weighted by Gasteiger charge is 2.23. The van der Waals surface area contributed by atoms with Crippen LogP contribution in [-0.4, -0.2) is 37.4 Å². The van der Waals surface area contributed by atoms with Gasteiger partial charge in [-0.1, -0.05) is 23.4 Å². The molecule has 3 N–H and O–H groups in total. The largest absolute Gasteiger partial charge is 0.472 e. The first kappa shape index (κ1) is 18.4. The normalized spacial score (nSPS) is 11.2. The summed E-state index contributed by atoms with van der Waals surface area (Å²) in [7, 11) is 0. The number of rotatable bonds is 7. The third-order valence-corrected chi connectivity index (χ3v) is 4.74. The molecule has 0 saturated carbocycles. The Balaban J connectivity index is 1.59. The van der Waals surface area contributed by atoms with Crippen LogP contribution in [-0.2, 0) is 5.75 Å². The van der Waals surface area contributed by atoms with Crippen LogP contribution in [0.3, 0.4) is 0 Å². The van der Waals surface area contributed by atoms with E-state index < -0.39 is 5.91 Å². The van der Waals surface area contributed by atoms with Crippen molar-refractivity contribution in [3.05, 3.63) is 65.9 Å². The van der Waals surface area contributed by atoms with Crippen LogP contribution in [0.25, 0.3) is 5.82 Å². The Kier molecular flexibility index (Phi) is 5.33. The minimum absolute atomic E-state index is 0.0331. The van der Waals surface area contributed by atoms with Gasteiger partial charge in [0.1, 0.15) is 0 Å². The smallest absolute Gasteiger partial charge is 0.293 e. The molecule has 0 aliphatic carbocycles. The Morgan fingerprint density at radius 1 is 1.28 bits per heavy atom. The van der Waals surface area contributed by atoms with Gasteiger partial charge in [-0.25, -0.2) is 10.1 Å². The molecule has 0 aliphatic heterocycles. The molecule has 0 aliphatic rings. The maximum absolute atomic E-state index is 12.6. The first-order valence-electron chi connectivity index (χ1n) is 8.29. The monoisotopic (exact) mass is 410 g/mol. The van der Waals surface area contributed by atoms with Gasteiger partial charge >= 0.3 is 0 Å². The molecule has 3 heterocycles. The average Bonchev–Trinajstić information content (AvgIpc) is 3.48. The molecule has 0 spiro atoms. The number of hydrogen-bond donors (Lipinski definition) is 2. The van der Waals surface area contributed by atoms with Gasteiger partial charge in [0.25, 0.3) is 5.91 Å². The standard InChI is InChI=1S/C17H14N8O3S/c18-15-16(23-28-22-15)25-13(10-29-12-4-2-1-3-5-12)14(20-24-25)17(26)21-19-8-11-6-7-27-9-11/h1-9H,10H2,(H2,18,22)(H,21,26)/b19-8-. The Morgan fingerprint density at radius 3 is 2.86 bits per heavy atom. The number of carbonyl (C=O) groups excluding carboxylic acids is 1. The van der Waals surface area contributed by atoms with Crippen molar-refractivity contribution in [3.63, 3.8) is 0 Å². The zero-order valence-electron chi connectivity index (χ0n) is 14.8. The number of nitrogens with two attached hydrogens (primary N) is 1. The zero-order chi connectivity index (χ0) is 20.1. The van der Waals surface area contributed by atoms with Gasteiger partial charge in [0.05, 0.1) is 24.4 Å². The van der Waals surface area contributed by atoms with Crippen LogP contribution in [0.2, 0.25) is 0 Å². The van der Waals surface area contributed by atoms with Crippen LogP contribution in [0.4, 0.5) is 5.82 Å². The minimum atomic E-state index is -0.533. The molecule has 12 heteroatoms. The van der Waals surface area contributed by atoms with Gasteiger partial charge < -0.3 is 10.2 Å². The number of thioether (sulfide) groups is 1. The molecule has 0 bridgehead atoms. The molecule has 1 aromatic carbocycles. The van der Waals surface area contributed by atoms with Crippen LogP contribution in [0.15, 0.2) is 68.0 Å². The number of furan rings is 1. The van der Waals surface area contributed by atoms with Gasteiger partial charge in [-0.15, -0.1) is 16.9 Å². The van der Waals surface area contributed by atoms with Crippen molar-refractivity contribution in [3.8, 4) is 5.82 Å². The molecule has 0 saturated heterocycles. The summed E-state index contributed by atoms with van der Waals surface area (Å²) in [4.78, 5) is 13.6. The van der Waals surface area contributed by atoms with E-state index in [4.69, 9.17) is 10.2 Å². The van der Waals surface area contributed by atoms with E-state index in [-0.39, 0.29) is 17.3 Å². The van der Waals surface area contributed by atoms with Gasteiger partial charge in [0, 0.05) is 16.2 Å². The fraction of sp³-hybridized carbons (Fsp3) is 0.0588. The lowest BCUT2D eigenvalue weighted by Gasteiger charge is -2.05. The molecule has 0 unspecified atom stereocenters. The van der Waals surface area contributed by atoms with E-state index in [0.717, 1.165) is 4.90 Å². The highest BCUT2D eigenvalue weighted by atomic mass is 32.2. The Bertz CT molecular complexity index is 1120. The second kappa shape index (κ2) is 8.39. The van der Waals surface area contributed by atoms with Gasteiger partial charge in [-0.3, -0.25) is 4.79 Å². The molecule has 29 heavy (non-hydrogen) atoms. The summed E-state index contributed by atoms with van der Waals surface area (Å²) in [5.74, 6) is 0.0277. The lowest BCUT2D eigenvalue weighted by atomic mass is 10.3. The van der Waals surface area contributed by atoms with Crippen molar-refractivity contribution in [2.24, 2.45) is 5.10 Å². The first-order chi connectivity index (χ1) is 14.2. The molecule has 0 fully saturated rings. The number of anilines is 1. The van der Waals surface area contributed by atoms with E-state index in [1.807, 2.05) is 30.3 Å². The predicted octanol–water partition coefficient (Wildman–Crippen LogP) is 1.88. The number of nitrogen functional groups attached to an aromatic ring is 1. The van der Waals surface area contributed by atoms with Crippen molar-refractivity contribution < 1.29 is 13.8 Å². The Morgan fingerprint density at radius 2 is 2.14 bits per heavy atom. The zero-order valence-corrected chi connectivity index (χ0v) is 15.6. The fourth-order valence-corrected chi connectivity index (χ4v) is 3.26. The topological polar surface area (TPSA) is 150 Å². The van der Waals surface area contributed by atoms with Crippen molar-refractivity contribution in [2.45, 2.75) is 10.6 Å². The summed E-state index contributed by atoms with van der Waals surface area (Å²) >= 11 is 1.50. The number of nitrogens with zero attached hydrogens (tertiary/aromatic N) is 6. The summed E-state index contributed by atoms with van der Waals surface area (Å²) in [6.07, 6.45) is 4.45. The summed E-state index contributed by atoms with van der Waals surface area (Å²) < 4.78 is 10.9. The SMILES string of the molecule is Nc1nonc1-n1nnc(C(=O)N/N=C\c2ccoc2)c1CSc1ccccc1. The van der Waals surface area contributed by atoms with E-state index in [2.05, 4.69) is 35.8 Å². The summed E-state index contributed by atoms with van der Waals surface area (Å²) in [5.41, 5.74) is 9.45. The number of carbonyl (C=O) groups is 1. The van der Waals surface area contributed by atoms with Crippen LogP contribution in [0, 0.1) is 0 Å². The van der Waals surface area contributed by atoms with E-state index >= 15 is 0 Å². The number of hydrogen-bond acceptors (Lipinski definition) is 10. The number of hydrazone groups is 1. The summed E-state index contributed by atoms with van der Waals surface area (Å²) in [6, 6.07) is 11.4. The highest BCUT2D eigenvalue weighted by molar-refractivity contribution is 7.98. The van der Waals surface area contributed by atoms with Crippen molar-refractivity contribution in [2.75, 3.05) is 5.73 Å². The molecule has 146 valence electrons. The number of amides is 1. The molecule has 11 nitrogen and oxygen atoms in total. The Hall–Kier alpha value is -3.93. The second-order valence-electron chi connectivity index (χ2n) is 5.63. The van der Waals surface area contributed by atoms with Crippen molar-refractivity contribution in [1.82, 2.24) is 30.7 Å². The number of benzene rings is 1. The molecule has 1 amide bonds. The number of aromatic nitrogens is 5. The van der Waals surface area contributed by atoms with Crippen LogP contribution >= 0.6 is 11.8 Å². The van der Waals surface area contributed by atoms with Gasteiger partial charge in [0.15, 0.2) is 5.69 Å². The molecular formula is C17H14N8O3S. The van der Waals surface area contributed by atoms with Crippen molar-refractivity contribution >= 4 is 29.7 Å². The number of nitrogens with one attached hydrogen (secondary N) is 1. The van der Waals surface area contributed by atoms with Crippen LogP contribution in [0.1, 0.15) is 21.7 Å². The highest BCUT2D eigenvalue weighted by Crippen LogP contribution is 2.25. The molecule has 0 radical (unpaired) electrons. The first-order valence-corrected chi connectivity index (χ1v) is 9.27. The maximum Gasteiger partial charge on any atom is 0.293 e. The third kappa shape index (κ3) is 4.16. The lowest BCUT2D eigenvalue weighted by Crippen LogP contribution is -2.20. The van der Waals surface area contributed by atoms with Gasteiger partial charge in [-0.2, -0.15) is 9.78 Å². The van der Waals surface area contributed by atoms with E-state index in [0.29, 0.717) is 17.0 Å². The minimum Gasteiger partial charge on any atom is -0.472 e. The molecule has 0 atom stereocenters. The van der Waals surface area contributed by atoms with E-state index in [9.17, 15) is 4.79 Å². The maximum atomic E-state index is 12.6. The van der Waals surface area contributed by atoms with Gasteiger partial charge in [-0.05, 0) is 28.5 Å². The van der Waals surface area contributed by atoms with E-state index in [1.54, 1.807) is 6.07 Å². The molecular weight excluding hydrogens is 396 g/mol. The lowest BCUT2D eigenvalue weighted by molar-refractivity contribution is 0.0949. The third-order valence-electron chi connectivity index (χ3n) is 3.72. The molecule has 4 rings (SSSR count). The van der Waals surface area contributed by atoms with Crippen LogP contribution in [0.5, 0.6) is 0 Å². The molecule has 4 aromatic rings. The van der Waals surface area contributed by atoms with Crippen molar-refractivity contribution in [1.29, 1.82) is 0 Å². The van der Waals surface area contributed by atoms with E-state index in [1.165, 1.54) is 35.2 Å². The van der Waals surface area contributed by atoms with Crippen LogP contribution < -0.4 is 11.2 Å². The fourth-order valence-electron chi connectivity index (χ4n) is 2.35. The predicted molar refractivity (Wildman–Crippen MR) is 103 cm³/mol. The summed E-state index contributed by atoms with van der Waals surface area (Å²) in [5, 5.41) is 19.2. The molecule has 3 aromatic heterocycles. The quantitative estimate of drug-likeness (QED) is 0.264. The Labute approximate surface area is 167 Å². The van der Waals surface area contributed by atoms with Gasteiger partial charge in [0.2, 0.25) is 11.6 Å².